The lowest BCUT2D eigenvalue weighted by atomic mass is 10.2. The second-order valence-corrected chi connectivity index (χ2v) is 3.54. The molecule has 0 aromatic heterocycles. The Morgan fingerprint density at radius 2 is 1.80 bits per heavy atom. The number of rotatable bonds is 6. The SMILES string of the molecule is CC(OC(=O)CCCN)OC(=O)C(C)C. The molecule has 0 aliphatic rings. The Morgan fingerprint density at radius 1 is 1.20 bits per heavy atom. The predicted octanol–water partition coefficient (Wildman–Crippen LogP) is 0.814. The summed E-state index contributed by atoms with van der Waals surface area (Å²) < 4.78 is 9.68. The molecule has 0 aliphatic heterocycles. The summed E-state index contributed by atoms with van der Waals surface area (Å²) in [6.07, 6.45) is -0.00538. The van der Waals surface area contributed by atoms with Crippen LogP contribution >= 0.6 is 0 Å². The van der Waals surface area contributed by atoms with Crippen molar-refractivity contribution in [1.29, 1.82) is 0 Å². The van der Waals surface area contributed by atoms with Crippen LogP contribution in [0.4, 0.5) is 0 Å². The largest absolute Gasteiger partial charge is 0.425 e. The molecule has 0 radical (unpaired) electrons. The Kier molecular flexibility index (Phi) is 6.70. The first-order valence-electron chi connectivity index (χ1n) is 5.07. The predicted molar refractivity (Wildman–Crippen MR) is 54.8 cm³/mol. The van der Waals surface area contributed by atoms with Gasteiger partial charge in [0, 0.05) is 13.3 Å². The van der Waals surface area contributed by atoms with Gasteiger partial charge in [0.25, 0.3) is 0 Å². The summed E-state index contributed by atoms with van der Waals surface area (Å²) in [4.78, 5) is 22.2. The fourth-order valence-corrected chi connectivity index (χ4v) is 0.814. The van der Waals surface area contributed by atoms with Crippen LogP contribution in [0.1, 0.15) is 33.6 Å². The molecular weight excluding hydrogens is 198 g/mol. The van der Waals surface area contributed by atoms with Crippen LogP contribution in [0.15, 0.2) is 0 Å². The number of carbonyl (C=O) groups excluding carboxylic acids is 2. The lowest BCUT2D eigenvalue weighted by molar-refractivity contribution is -0.186. The molecule has 0 heterocycles. The summed E-state index contributed by atoms with van der Waals surface area (Å²) in [6, 6.07) is 0. The van der Waals surface area contributed by atoms with Gasteiger partial charge in [-0.25, -0.2) is 0 Å². The number of esters is 2. The number of hydrogen-bond donors (Lipinski definition) is 1. The molecule has 0 aromatic rings. The number of ether oxygens (including phenoxy) is 2. The second-order valence-electron chi connectivity index (χ2n) is 3.54. The zero-order valence-electron chi connectivity index (χ0n) is 9.49. The van der Waals surface area contributed by atoms with E-state index in [4.69, 9.17) is 15.2 Å². The van der Waals surface area contributed by atoms with Gasteiger partial charge in [0.1, 0.15) is 0 Å². The molecule has 0 aromatic carbocycles. The monoisotopic (exact) mass is 217 g/mol. The van der Waals surface area contributed by atoms with Crippen molar-refractivity contribution in [3.05, 3.63) is 0 Å². The molecule has 0 saturated carbocycles. The van der Waals surface area contributed by atoms with Crippen LogP contribution in [0.25, 0.3) is 0 Å². The molecule has 1 unspecified atom stereocenters. The first kappa shape index (κ1) is 13.9. The highest BCUT2D eigenvalue weighted by atomic mass is 16.7. The zero-order chi connectivity index (χ0) is 11.8. The van der Waals surface area contributed by atoms with Gasteiger partial charge < -0.3 is 15.2 Å². The second kappa shape index (κ2) is 7.23. The highest BCUT2D eigenvalue weighted by Gasteiger charge is 2.15. The van der Waals surface area contributed by atoms with Crippen LogP contribution < -0.4 is 5.73 Å². The maximum atomic E-state index is 11.1. The fraction of sp³-hybridized carbons (Fsp3) is 0.800. The molecule has 1 atom stereocenters. The summed E-state index contributed by atoms with van der Waals surface area (Å²) in [7, 11) is 0. The third kappa shape index (κ3) is 6.90. The molecule has 5 nitrogen and oxygen atoms in total. The summed E-state index contributed by atoms with van der Waals surface area (Å²) in [5.74, 6) is -1.01. The van der Waals surface area contributed by atoms with Gasteiger partial charge in [0.2, 0.25) is 6.29 Å². The van der Waals surface area contributed by atoms with Crippen molar-refractivity contribution in [2.45, 2.75) is 39.9 Å². The highest BCUT2D eigenvalue weighted by Crippen LogP contribution is 2.03. The number of carbonyl (C=O) groups is 2. The topological polar surface area (TPSA) is 78.6 Å². The van der Waals surface area contributed by atoms with Gasteiger partial charge in [-0.1, -0.05) is 13.8 Å². The Bertz CT molecular complexity index is 215. The van der Waals surface area contributed by atoms with E-state index >= 15 is 0 Å². The van der Waals surface area contributed by atoms with Crippen LogP contribution in [0, 0.1) is 5.92 Å². The number of nitrogens with two attached hydrogens (primary N) is 1. The molecule has 0 amide bonds. The minimum absolute atomic E-state index is 0.227. The third-order valence-corrected chi connectivity index (χ3v) is 1.64. The van der Waals surface area contributed by atoms with Gasteiger partial charge >= 0.3 is 11.9 Å². The average molecular weight is 217 g/mol. The van der Waals surface area contributed by atoms with Gasteiger partial charge in [-0.2, -0.15) is 0 Å². The Morgan fingerprint density at radius 3 is 2.27 bits per heavy atom. The quantitative estimate of drug-likeness (QED) is 0.526. The summed E-state index contributed by atoms with van der Waals surface area (Å²) >= 11 is 0. The van der Waals surface area contributed by atoms with Crippen LogP contribution in [-0.4, -0.2) is 24.8 Å². The van der Waals surface area contributed by atoms with Crippen LogP contribution in [0.2, 0.25) is 0 Å². The van der Waals surface area contributed by atoms with Crippen molar-refractivity contribution in [3.63, 3.8) is 0 Å². The Hall–Kier alpha value is -1.10. The maximum absolute atomic E-state index is 11.1. The molecule has 5 heteroatoms. The number of hydrogen-bond acceptors (Lipinski definition) is 5. The fourth-order valence-electron chi connectivity index (χ4n) is 0.814. The molecule has 15 heavy (non-hydrogen) atoms. The Labute approximate surface area is 89.9 Å². The first-order chi connectivity index (χ1) is 6.97. The van der Waals surface area contributed by atoms with Crippen molar-refractivity contribution in [1.82, 2.24) is 0 Å². The van der Waals surface area contributed by atoms with Gasteiger partial charge in [0.15, 0.2) is 0 Å². The Balaban J connectivity index is 3.77. The van der Waals surface area contributed by atoms with Crippen molar-refractivity contribution >= 4 is 11.9 Å². The van der Waals surface area contributed by atoms with Gasteiger partial charge in [0.05, 0.1) is 5.92 Å². The van der Waals surface area contributed by atoms with E-state index in [-0.39, 0.29) is 18.3 Å². The minimum Gasteiger partial charge on any atom is -0.425 e. The molecule has 0 rings (SSSR count). The van der Waals surface area contributed by atoms with Gasteiger partial charge in [-0.3, -0.25) is 9.59 Å². The summed E-state index contributed by atoms with van der Waals surface area (Å²) in [6.45, 7) is 5.38. The third-order valence-electron chi connectivity index (χ3n) is 1.64. The molecule has 88 valence electrons. The molecule has 0 spiro atoms. The molecular formula is C10H19NO4. The lowest BCUT2D eigenvalue weighted by Gasteiger charge is -2.15. The van der Waals surface area contributed by atoms with E-state index in [9.17, 15) is 9.59 Å². The molecule has 0 saturated heterocycles. The van der Waals surface area contributed by atoms with E-state index in [0.717, 1.165) is 0 Å². The van der Waals surface area contributed by atoms with Gasteiger partial charge in [-0.15, -0.1) is 0 Å². The van der Waals surface area contributed by atoms with E-state index in [0.29, 0.717) is 13.0 Å². The zero-order valence-corrected chi connectivity index (χ0v) is 9.49. The minimum atomic E-state index is -0.829. The van der Waals surface area contributed by atoms with Gasteiger partial charge in [-0.05, 0) is 13.0 Å². The van der Waals surface area contributed by atoms with Crippen molar-refractivity contribution in [3.8, 4) is 0 Å². The van der Waals surface area contributed by atoms with Crippen molar-refractivity contribution in [2.75, 3.05) is 6.54 Å². The molecule has 0 aliphatic carbocycles. The van der Waals surface area contributed by atoms with Crippen LogP contribution in [-0.2, 0) is 19.1 Å². The summed E-state index contributed by atoms with van der Waals surface area (Å²) in [5, 5.41) is 0. The lowest BCUT2D eigenvalue weighted by Crippen LogP contribution is -2.24. The van der Waals surface area contributed by atoms with Crippen LogP contribution in [0.5, 0.6) is 0 Å². The van der Waals surface area contributed by atoms with E-state index in [1.165, 1.54) is 6.92 Å². The maximum Gasteiger partial charge on any atom is 0.311 e. The first-order valence-corrected chi connectivity index (χ1v) is 5.07. The van der Waals surface area contributed by atoms with Crippen molar-refractivity contribution < 1.29 is 19.1 Å². The van der Waals surface area contributed by atoms with E-state index in [1.807, 2.05) is 0 Å². The molecule has 0 bridgehead atoms. The van der Waals surface area contributed by atoms with E-state index in [2.05, 4.69) is 0 Å². The smallest absolute Gasteiger partial charge is 0.311 e. The normalized spacial score (nSPS) is 12.3. The standard InChI is InChI=1S/C10H19NO4/c1-7(2)10(13)15-8(3)14-9(12)5-4-6-11/h7-8H,4-6,11H2,1-3H3. The summed E-state index contributed by atoms with van der Waals surface area (Å²) in [5.41, 5.74) is 5.23. The van der Waals surface area contributed by atoms with Crippen LogP contribution in [0.3, 0.4) is 0 Å². The van der Waals surface area contributed by atoms with E-state index < -0.39 is 12.3 Å². The van der Waals surface area contributed by atoms with Crippen molar-refractivity contribution in [2.24, 2.45) is 11.7 Å². The van der Waals surface area contributed by atoms with E-state index in [1.54, 1.807) is 13.8 Å². The average Bonchev–Trinajstić information content (AvgIpc) is 2.14. The molecule has 0 fully saturated rings. The highest BCUT2D eigenvalue weighted by molar-refractivity contribution is 5.72. The molecule has 2 N–H and O–H groups in total.